The van der Waals surface area contributed by atoms with E-state index in [0.29, 0.717) is 32.9 Å². The van der Waals surface area contributed by atoms with Crippen LogP contribution in [0.5, 0.6) is 0 Å². The lowest BCUT2D eigenvalue weighted by Gasteiger charge is -2.18. The number of fused-ring (bicyclic) bond motifs is 1. The molecule has 3 aromatic rings. The molecule has 0 fully saturated rings. The normalized spacial score (nSPS) is 13.2. The highest BCUT2D eigenvalue weighted by molar-refractivity contribution is 7.89. The van der Waals surface area contributed by atoms with Crippen molar-refractivity contribution in [3.05, 3.63) is 69.1 Å². The van der Waals surface area contributed by atoms with E-state index in [1.54, 1.807) is 24.4 Å². The summed E-state index contributed by atoms with van der Waals surface area (Å²) < 4.78 is 37.6. The van der Waals surface area contributed by atoms with Gasteiger partial charge in [0, 0.05) is 40.4 Å². The minimum absolute atomic E-state index is 0.0954. The Balaban J connectivity index is 2.19. The van der Waals surface area contributed by atoms with Crippen molar-refractivity contribution in [2.24, 2.45) is 0 Å². The lowest BCUT2D eigenvalue weighted by atomic mass is 9.88. The van der Waals surface area contributed by atoms with Crippen molar-refractivity contribution in [2.75, 3.05) is 12.9 Å². The molecular formula is C19H18Cl2FNO3S. The number of aliphatic hydroxyl groups excluding tert-OH is 1. The number of sulfone groups is 1. The van der Waals surface area contributed by atoms with E-state index in [1.807, 2.05) is 0 Å². The van der Waals surface area contributed by atoms with E-state index in [2.05, 4.69) is 4.98 Å². The fraction of sp³-hybridized carbons (Fsp3) is 0.263. The van der Waals surface area contributed by atoms with Gasteiger partial charge in [0.15, 0.2) is 9.84 Å². The average molecular weight is 430 g/mol. The van der Waals surface area contributed by atoms with Crippen LogP contribution in [0.25, 0.3) is 10.9 Å². The Morgan fingerprint density at radius 1 is 1.19 bits per heavy atom. The first-order valence-electron chi connectivity index (χ1n) is 8.22. The van der Waals surface area contributed by atoms with Gasteiger partial charge in [-0.2, -0.15) is 0 Å². The van der Waals surface area contributed by atoms with Gasteiger partial charge in [-0.05, 0) is 47.4 Å². The Morgan fingerprint density at radius 2 is 1.93 bits per heavy atom. The molecule has 0 radical (unpaired) electrons. The molecule has 1 unspecified atom stereocenters. The lowest BCUT2D eigenvalue weighted by molar-refractivity contribution is 0.282. The second kappa shape index (κ2) is 7.80. The molecule has 0 saturated carbocycles. The SMILES string of the molecule is CS(=O)(=O)Cc1cc(F)cc2c(C(CCO)c3ccc(Cl)cc3Cl)c[nH]c12. The average Bonchev–Trinajstić information content (AvgIpc) is 2.95. The van der Waals surface area contributed by atoms with Gasteiger partial charge in [-0.15, -0.1) is 0 Å². The van der Waals surface area contributed by atoms with Crippen LogP contribution in [0, 0.1) is 5.82 Å². The maximum absolute atomic E-state index is 14.2. The molecule has 2 aromatic carbocycles. The minimum atomic E-state index is -3.33. The maximum Gasteiger partial charge on any atom is 0.151 e. The van der Waals surface area contributed by atoms with Crippen LogP contribution in [0.15, 0.2) is 36.5 Å². The predicted molar refractivity (Wildman–Crippen MR) is 107 cm³/mol. The molecule has 144 valence electrons. The summed E-state index contributed by atoms with van der Waals surface area (Å²) >= 11 is 12.3. The van der Waals surface area contributed by atoms with E-state index in [4.69, 9.17) is 23.2 Å². The second-order valence-electron chi connectivity index (χ2n) is 6.53. The number of benzene rings is 2. The number of aliphatic hydroxyl groups is 1. The fourth-order valence-electron chi connectivity index (χ4n) is 3.37. The van der Waals surface area contributed by atoms with Crippen LogP contribution in [-0.2, 0) is 15.6 Å². The fourth-order valence-corrected chi connectivity index (χ4v) is 4.70. The van der Waals surface area contributed by atoms with Gasteiger partial charge in [-0.3, -0.25) is 0 Å². The van der Waals surface area contributed by atoms with Crippen molar-refractivity contribution in [1.29, 1.82) is 0 Å². The van der Waals surface area contributed by atoms with Crippen LogP contribution in [0.1, 0.15) is 29.0 Å². The first-order chi connectivity index (χ1) is 12.7. The number of aromatic amines is 1. The summed E-state index contributed by atoms with van der Waals surface area (Å²) in [7, 11) is -3.33. The van der Waals surface area contributed by atoms with Gasteiger partial charge in [0.1, 0.15) is 5.82 Å². The van der Waals surface area contributed by atoms with Crippen molar-refractivity contribution < 1.29 is 17.9 Å². The molecule has 0 aliphatic heterocycles. The molecule has 0 aliphatic carbocycles. The molecule has 3 rings (SSSR count). The van der Waals surface area contributed by atoms with Crippen LogP contribution in [0.4, 0.5) is 4.39 Å². The number of rotatable bonds is 6. The summed E-state index contributed by atoms with van der Waals surface area (Å²) in [6.07, 6.45) is 3.18. The molecular weight excluding hydrogens is 412 g/mol. The number of aromatic nitrogens is 1. The first-order valence-corrected chi connectivity index (χ1v) is 11.0. The topological polar surface area (TPSA) is 70.2 Å². The van der Waals surface area contributed by atoms with Crippen LogP contribution >= 0.6 is 23.2 Å². The summed E-state index contributed by atoms with van der Waals surface area (Å²) in [5.74, 6) is -1.10. The smallest absolute Gasteiger partial charge is 0.151 e. The monoisotopic (exact) mass is 429 g/mol. The van der Waals surface area contributed by atoms with Gasteiger partial charge in [0.2, 0.25) is 0 Å². The highest BCUT2D eigenvalue weighted by Crippen LogP contribution is 2.38. The molecule has 0 spiro atoms. The third-order valence-corrected chi connectivity index (χ3v) is 5.81. The number of H-pyrrole nitrogens is 1. The van der Waals surface area contributed by atoms with E-state index >= 15 is 0 Å². The molecule has 1 aromatic heterocycles. The van der Waals surface area contributed by atoms with Crippen LogP contribution < -0.4 is 0 Å². The van der Waals surface area contributed by atoms with Gasteiger partial charge in [0.05, 0.1) is 11.3 Å². The zero-order valence-electron chi connectivity index (χ0n) is 14.5. The van der Waals surface area contributed by atoms with Crippen LogP contribution in [0.2, 0.25) is 10.0 Å². The Hall–Kier alpha value is -1.60. The van der Waals surface area contributed by atoms with Crippen LogP contribution in [0.3, 0.4) is 0 Å². The Bertz CT molecular complexity index is 1100. The molecule has 0 bridgehead atoms. The molecule has 2 N–H and O–H groups in total. The molecule has 4 nitrogen and oxygen atoms in total. The summed E-state index contributed by atoms with van der Waals surface area (Å²) in [6, 6.07) is 7.69. The highest BCUT2D eigenvalue weighted by Gasteiger charge is 2.22. The van der Waals surface area contributed by atoms with Crippen LogP contribution in [-0.4, -0.2) is 31.4 Å². The number of hydrogen-bond donors (Lipinski definition) is 2. The van der Waals surface area contributed by atoms with Crippen molar-refractivity contribution in [2.45, 2.75) is 18.1 Å². The Labute approximate surface area is 166 Å². The molecule has 1 atom stereocenters. The van der Waals surface area contributed by atoms with E-state index in [9.17, 15) is 17.9 Å². The summed E-state index contributed by atoms with van der Waals surface area (Å²) in [4.78, 5) is 3.06. The number of halogens is 3. The third-order valence-electron chi connectivity index (χ3n) is 4.42. The van der Waals surface area contributed by atoms with Gasteiger partial charge >= 0.3 is 0 Å². The minimum Gasteiger partial charge on any atom is -0.396 e. The van der Waals surface area contributed by atoms with E-state index in [-0.39, 0.29) is 18.3 Å². The quantitative estimate of drug-likeness (QED) is 0.597. The molecule has 0 amide bonds. The van der Waals surface area contributed by atoms with Gasteiger partial charge in [-0.1, -0.05) is 29.3 Å². The summed E-state index contributed by atoms with van der Waals surface area (Å²) in [5.41, 5.74) is 2.41. The lowest BCUT2D eigenvalue weighted by Crippen LogP contribution is -2.05. The molecule has 0 saturated heterocycles. The number of hydrogen-bond acceptors (Lipinski definition) is 3. The van der Waals surface area contributed by atoms with Gasteiger partial charge < -0.3 is 10.1 Å². The van der Waals surface area contributed by atoms with E-state index in [0.717, 1.165) is 17.4 Å². The van der Waals surface area contributed by atoms with E-state index in [1.165, 1.54) is 12.1 Å². The Morgan fingerprint density at radius 3 is 2.56 bits per heavy atom. The zero-order valence-corrected chi connectivity index (χ0v) is 16.8. The Kier molecular flexibility index (Phi) is 5.82. The molecule has 27 heavy (non-hydrogen) atoms. The van der Waals surface area contributed by atoms with Crippen molar-refractivity contribution >= 4 is 43.9 Å². The van der Waals surface area contributed by atoms with Gasteiger partial charge in [0.25, 0.3) is 0 Å². The number of nitrogens with one attached hydrogen (secondary N) is 1. The zero-order chi connectivity index (χ0) is 19.8. The molecule has 8 heteroatoms. The largest absolute Gasteiger partial charge is 0.396 e. The molecule has 1 heterocycles. The summed E-state index contributed by atoms with van der Waals surface area (Å²) in [6.45, 7) is -0.0954. The highest BCUT2D eigenvalue weighted by atomic mass is 35.5. The van der Waals surface area contributed by atoms with Gasteiger partial charge in [-0.25, -0.2) is 12.8 Å². The van der Waals surface area contributed by atoms with Crippen molar-refractivity contribution in [1.82, 2.24) is 4.98 Å². The van der Waals surface area contributed by atoms with Crippen molar-refractivity contribution in [3.63, 3.8) is 0 Å². The maximum atomic E-state index is 14.2. The standard InChI is InChI=1S/C19H18Cl2FNO3S/c1-27(25,26)10-11-6-13(22)8-16-17(9-23-19(11)16)14(4-5-24)15-3-2-12(20)7-18(15)21/h2-3,6-9,14,23-24H,4-5,10H2,1H3. The first kappa shape index (κ1) is 20.1. The molecule has 0 aliphatic rings. The van der Waals surface area contributed by atoms with Crippen molar-refractivity contribution in [3.8, 4) is 0 Å². The second-order valence-corrected chi connectivity index (χ2v) is 9.52. The predicted octanol–water partition coefficient (Wildman–Crippen LogP) is 4.67. The third kappa shape index (κ3) is 4.46. The van der Waals surface area contributed by atoms with E-state index < -0.39 is 15.7 Å². The summed E-state index contributed by atoms with van der Waals surface area (Å²) in [5, 5.41) is 11.1.